The summed E-state index contributed by atoms with van der Waals surface area (Å²) in [5.41, 5.74) is 1.69. The van der Waals surface area contributed by atoms with Crippen LogP contribution in [0.4, 0.5) is 19.0 Å². The lowest BCUT2D eigenvalue weighted by Crippen LogP contribution is -2.17. The number of aryl methyl sites for hydroxylation is 1. The van der Waals surface area contributed by atoms with E-state index in [-0.39, 0.29) is 5.56 Å². The molecule has 2 aromatic carbocycles. The van der Waals surface area contributed by atoms with Crippen LogP contribution in [0.2, 0.25) is 0 Å². The summed E-state index contributed by atoms with van der Waals surface area (Å²) in [6.45, 7) is 0. The Kier molecular flexibility index (Phi) is 4.35. The molecule has 0 fully saturated rings. The summed E-state index contributed by atoms with van der Waals surface area (Å²) in [4.78, 5) is 17.4. The molecule has 5 rings (SSSR count). The first-order chi connectivity index (χ1) is 14.4. The molecule has 2 aromatic heterocycles. The van der Waals surface area contributed by atoms with E-state index in [9.17, 15) is 18.0 Å². The molecule has 0 saturated carbocycles. The van der Waals surface area contributed by atoms with Gasteiger partial charge in [0.25, 0.3) is 5.91 Å². The predicted octanol–water partition coefficient (Wildman–Crippen LogP) is 5.24. The van der Waals surface area contributed by atoms with Crippen LogP contribution < -0.4 is 5.32 Å². The SMILES string of the molecule is O=C(Nc1c2c(nn1-c1nc3ccccc3s1)CCC2)c1cccc(C(F)(F)F)c1. The monoisotopic (exact) mass is 428 g/mol. The lowest BCUT2D eigenvalue weighted by Gasteiger charge is -2.11. The van der Waals surface area contributed by atoms with Gasteiger partial charge in [0, 0.05) is 11.1 Å². The van der Waals surface area contributed by atoms with Crippen molar-refractivity contribution in [3.8, 4) is 5.13 Å². The van der Waals surface area contributed by atoms with Gasteiger partial charge in [0.05, 0.1) is 21.5 Å². The second kappa shape index (κ2) is 6.94. The summed E-state index contributed by atoms with van der Waals surface area (Å²) in [5, 5.41) is 8.02. The number of fused-ring (bicyclic) bond motifs is 2. The maximum absolute atomic E-state index is 13.0. The summed E-state index contributed by atoms with van der Waals surface area (Å²) >= 11 is 1.44. The molecule has 2 heterocycles. The van der Waals surface area contributed by atoms with E-state index in [1.165, 1.54) is 23.5 Å². The number of hydrogen-bond acceptors (Lipinski definition) is 4. The van der Waals surface area contributed by atoms with Crippen molar-refractivity contribution in [2.75, 3.05) is 5.32 Å². The minimum Gasteiger partial charge on any atom is -0.306 e. The number of nitrogens with zero attached hydrogens (tertiary/aromatic N) is 3. The Labute approximate surface area is 173 Å². The van der Waals surface area contributed by atoms with Crippen LogP contribution in [0, 0.1) is 0 Å². The average Bonchev–Trinajstić information content (AvgIpc) is 3.42. The number of carbonyl (C=O) groups excluding carboxylic acids is 1. The molecule has 5 nitrogen and oxygen atoms in total. The molecule has 9 heteroatoms. The van der Waals surface area contributed by atoms with Gasteiger partial charge in [-0.3, -0.25) is 4.79 Å². The first-order valence-electron chi connectivity index (χ1n) is 9.35. The van der Waals surface area contributed by atoms with Gasteiger partial charge in [0.15, 0.2) is 0 Å². The molecule has 0 unspecified atom stereocenters. The van der Waals surface area contributed by atoms with Gasteiger partial charge in [0.1, 0.15) is 5.82 Å². The van der Waals surface area contributed by atoms with Crippen LogP contribution in [-0.2, 0) is 19.0 Å². The number of thiazole rings is 1. The van der Waals surface area contributed by atoms with Crippen LogP contribution in [0.5, 0.6) is 0 Å². The highest BCUT2D eigenvalue weighted by Gasteiger charge is 2.31. The van der Waals surface area contributed by atoms with Crippen LogP contribution in [-0.4, -0.2) is 20.7 Å². The third-order valence-corrected chi connectivity index (χ3v) is 6.07. The predicted molar refractivity (Wildman–Crippen MR) is 108 cm³/mol. The van der Waals surface area contributed by atoms with E-state index in [1.807, 2.05) is 24.3 Å². The fraction of sp³-hybridized carbons (Fsp3) is 0.190. The van der Waals surface area contributed by atoms with Crippen molar-refractivity contribution in [2.45, 2.75) is 25.4 Å². The minimum absolute atomic E-state index is 0.0615. The number of benzene rings is 2. The molecular weight excluding hydrogens is 413 g/mol. The lowest BCUT2D eigenvalue weighted by molar-refractivity contribution is -0.137. The zero-order valence-electron chi connectivity index (χ0n) is 15.5. The van der Waals surface area contributed by atoms with Crippen LogP contribution in [0.1, 0.15) is 33.6 Å². The standard InChI is InChI=1S/C21H15F3N4OS/c22-21(23,24)13-6-3-5-12(11-13)19(29)26-18-14-7-4-9-15(14)27-28(18)20-25-16-8-1-2-10-17(16)30-20/h1-3,5-6,8,10-11H,4,7,9H2,(H,26,29). The summed E-state index contributed by atoms with van der Waals surface area (Å²) in [5.74, 6) is -0.137. The summed E-state index contributed by atoms with van der Waals surface area (Å²) in [6, 6.07) is 12.1. The van der Waals surface area contributed by atoms with Gasteiger partial charge in [-0.2, -0.15) is 23.0 Å². The molecule has 30 heavy (non-hydrogen) atoms. The number of halogens is 3. The van der Waals surface area contributed by atoms with E-state index >= 15 is 0 Å². The fourth-order valence-corrected chi connectivity index (χ4v) is 4.55. The topological polar surface area (TPSA) is 59.8 Å². The van der Waals surface area contributed by atoms with Crippen molar-refractivity contribution in [1.82, 2.24) is 14.8 Å². The molecule has 0 atom stereocenters. The molecule has 0 aliphatic heterocycles. The average molecular weight is 428 g/mol. The van der Waals surface area contributed by atoms with Crippen molar-refractivity contribution in [3.63, 3.8) is 0 Å². The van der Waals surface area contributed by atoms with Crippen molar-refractivity contribution in [1.29, 1.82) is 0 Å². The number of nitrogens with one attached hydrogen (secondary N) is 1. The van der Waals surface area contributed by atoms with E-state index < -0.39 is 17.6 Å². The molecule has 1 amide bonds. The zero-order chi connectivity index (χ0) is 20.9. The van der Waals surface area contributed by atoms with Gasteiger partial charge in [-0.05, 0) is 49.6 Å². The maximum Gasteiger partial charge on any atom is 0.416 e. The van der Waals surface area contributed by atoms with Gasteiger partial charge >= 0.3 is 6.18 Å². The number of carbonyl (C=O) groups is 1. The largest absolute Gasteiger partial charge is 0.416 e. The van der Waals surface area contributed by atoms with Gasteiger partial charge in [-0.25, -0.2) is 4.98 Å². The number of alkyl halides is 3. The third-order valence-electron chi connectivity index (χ3n) is 5.05. The van der Waals surface area contributed by atoms with Gasteiger partial charge in [-0.15, -0.1) is 0 Å². The number of para-hydroxylation sites is 1. The number of rotatable bonds is 3. The minimum atomic E-state index is -4.51. The van der Waals surface area contributed by atoms with Crippen molar-refractivity contribution in [3.05, 3.63) is 70.9 Å². The van der Waals surface area contributed by atoms with Crippen LogP contribution in [0.3, 0.4) is 0 Å². The zero-order valence-corrected chi connectivity index (χ0v) is 16.3. The first-order valence-corrected chi connectivity index (χ1v) is 10.2. The Morgan fingerprint density at radius 1 is 1.10 bits per heavy atom. The van der Waals surface area contributed by atoms with Crippen molar-refractivity contribution >= 4 is 33.3 Å². The highest BCUT2D eigenvalue weighted by atomic mass is 32.1. The van der Waals surface area contributed by atoms with Crippen molar-refractivity contribution in [2.24, 2.45) is 0 Å². The summed E-state index contributed by atoms with van der Waals surface area (Å²) < 4.78 is 41.6. The number of anilines is 1. The van der Waals surface area contributed by atoms with E-state index in [1.54, 1.807) is 4.68 Å². The summed E-state index contributed by atoms with van der Waals surface area (Å²) in [7, 11) is 0. The first kappa shape index (κ1) is 18.8. The molecule has 1 aliphatic carbocycles. The number of aromatic nitrogens is 3. The van der Waals surface area contributed by atoms with E-state index in [2.05, 4.69) is 15.4 Å². The third kappa shape index (κ3) is 3.24. The number of amides is 1. The molecule has 0 bridgehead atoms. The molecule has 0 saturated heterocycles. The lowest BCUT2D eigenvalue weighted by atomic mass is 10.1. The molecule has 1 aliphatic rings. The highest BCUT2D eigenvalue weighted by Crippen LogP contribution is 2.34. The Morgan fingerprint density at radius 2 is 1.93 bits per heavy atom. The van der Waals surface area contributed by atoms with Gasteiger partial charge < -0.3 is 5.32 Å². The number of hydrogen-bond donors (Lipinski definition) is 1. The molecule has 0 radical (unpaired) electrons. The van der Waals surface area contributed by atoms with Crippen LogP contribution >= 0.6 is 11.3 Å². The van der Waals surface area contributed by atoms with E-state index in [0.717, 1.165) is 52.9 Å². The molecule has 0 spiro atoms. The normalized spacial score (nSPS) is 13.6. The van der Waals surface area contributed by atoms with Crippen molar-refractivity contribution < 1.29 is 18.0 Å². The maximum atomic E-state index is 13.0. The Hall–Kier alpha value is -3.20. The van der Waals surface area contributed by atoms with E-state index in [4.69, 9.17) is 0 Å². The highest BCUT2D eigenvalue weighted by molar-refractivity contribution is 7.20. The quantitative estimate of drug-likeness (QED) is 0.485. The molecular formula is C21H15F3N4OS. The Bertz CT molecular complexity index is 1240. The van der Waals surface area contributed by atoms with Gasteiger partial charge in [0.2, 0.25) is 5.13 Å². The second-order valence-corrected chi connectivity index (χ2v) is 8.05. The van der Waals surface area contributed by atoms with E-state index in [0.29, 0.717) is 10.9 Å². The Balaban J connectivity index is 1.54. The van der Waals surface area contributed by atoms with Crippen LogP contribution in [0.15, 0.2) is 48.5 Å². The van der Waals surface area contributed by atoms with Gasteiger partial charge in [-0.1, -0.05) is 29.5 Å². The second-order valence-electron chi connectivity index (χ2n) is 7.04. The summed E-state index contributed by atoms with van der Waals surface area (Å²) in [6.07, 6.45) is -2.05. The molecule has 4 aromatic rings. The molecule has 152 valence electrons. The smallest absolute Gasteiger partial charge is 0.306 e. The molecule has 1 N–H and O–H groups in total. The Morgan fingerprint density at radius 3 is 2.73 bits per heavy atom. The van der Waals surface area contributed by atoms with Crippen LogP contribution in [0.25, 0.3) is 15.3 Å². The fourth-order valence-electron chi connectivity index (χ4n) is 3.63.